The van der Waals surface area contributed by atoms with Crippen LogP contribution in [0.2, 0.25) is 0 Å². The van der Waals surface area contributed by atoms with E-state index >= 15 is 4.39 Å². The summed E-state index contributed by atoms with van der Waals surface area (Å²) in [5.41, 5.74) is 3.08. The molecule has 192 valence electrons. The van der Waals surface area contributed by atoms with Gasteiger partial charge < -0.3 is 14.5 Å². The predicted molar refractivity (Wildman–Crippen MR) is 141 cm³/mol. The third-order valence-electron chi connectivity index (χ3n) is 6.49. The van der Waals surface area contributed by atoms with Crippen molar-refractivity contribution >= 4 is 39.9 Å². The zero-order chi connectivity index (χ0) is 26.5. The lowest BCUT2D eigenvalue weighted by Gasteiger charge is -2.25. The first kappa shape index (κ1) is 24.6. The fraction of sp³-hybridized carbons (Fsp3) is 0.370. The van der Waals surface area contributed by atoms with Crippen molar-refractivity contribution in [3.63, 3.8) is 0 Å². The van der Waals surface area contributed by atoms with Gasteiger partial charge >= 0.3 is 12.1 Å². The topological polar surface area (TPSA) is 106 Å². The smallest absolute Gasteiger partial charge is 0.414 e. The largest absolute Gasteiger partial charge is 0.467 e. The Labute approximate surface area is 213 Å². The summed E-state index contributed by atoms with van der Waals surface area (Å²) >= 11 is 0. The standard InChI is InChI=1S/C27H29FN6O3/c1-26(2,3)37-25(35)34(5)19-10-16(28)9-17-20-21(27(7-8-27)14-29-4)18(13-30-23(20)33-22(17)19)15-11-31-24(36-6)32-12-15/h9-14H,7-8H2,1-6H3,(H,30,33). The van der Waals surface area contributed by atoms with Crippen LogP contribution in [0.25, 0.3) is 33.1 Å². The minimum absolute atomic E-state index is 0.264. The van der Waals surface area contributed by atoms with Gasteiger partial charge in [0.1, 0.15) is 17.1 Å². The maximum Gasteiger partial charge on any atom is 0.414 e. The van der Waals surface area contributed by atoms with Crippen LogP contribution in [-0.2, 0) is 10.2 Å². The maximum atomic E-state index is 15.1. The van der Waals surface area contributed by atoms with Crippen LogP contribution in [0, 0.1) is 5.82 Å². The molecule has 10 heteroatoms. The van der Waals surface area contributed by atoms with Gasteiger partial charge in [0.05, 0.1) is 18.3 Å². The molecule has 3 aromatic heterocycles. The third-order valence-corrected chi connectivity index (χ3v) is 6.49. The molecule has 4 aromatic rings. The van der Waals surface area contributed by atoms with Crippen LogP contribution in [0.5, 0.6) is 6.01 Å². The van der Waals surface area contributed by atoms with Crippen LogP contribution in [0.3, 0.4) is 0 Å². The number of carbonyl (C=O) groups is 1. The highest BCUT2D eigenvalue weighted by Gasteiger charge is 2.46. The summed E-state index contributed by atoms with van der Waals surface area (Å²) in [5, 5.41) is 1.40. The highest BCUT2D eigenvalue weighted by Crippen LogP contribution is 2.53. The van der Waals surface area contributed by atoms with Crippen LogP contribution in [0.1, 0.15) is 39.2 Å². The zero-order valence-electron chi connectivity index (χ0n) is 21.7. The van der Waals surface area contributed by atoms with E-state index in [1.807, 2.05) is 6.21 Å². The molecule has 0 unspecified atom stereocenters. The van der Waals surface area contributed by atoms with Gasteiger partial charge in [-0.2, -0.15) is 0 Å². The van der Waals surface area contributed by atoms with Gasteiger partial charge in [0.2, 0.25) is 0 Å². The number of aromatic amines is 1. The van der Waals surface area contributed by atoms with E-state index in [0.29, 0.717) is 22.2 Å². The van der Waals surface area contributed by atoms with Crippen molar-refractivity contribution < 1.29 is 18.7 Å². The predicted octanol–water partition coefficient (Wildman–Crippen LogP) is 5.42. The first-order chi connectivity index (χ1) is 17.6. The van der Waals surface area contributed by atoms with Crippen molar-refractivity contribution in [2.24, 2.45) is 4.99 Å². The number of methoxy groups -OCH3 is 1. The van der Waals surface area contributed by atoms with Gasteiger partial charge in [-0.25, -0.2) is 24.1 Å². The Bertz CT molecular complexity index is 1530. The molecule has 5 rings (SSSR count). The Kier molecular flexibility index (Phi) is 5.85. The average Bonchev–Trinajstić information content (AvgIpc) is 3.54. The Morgan fingerprint density at radius 2 is 1.89 bits per heavy atom. The molecule has 0 saturated heterocycles. The van der Waals surface area contributed by atoms with E-state index in [1.165, 1.54) is 24.1 Å². The van der Waals surface area contributed by atoms with Crippen LogP contribution in [0.15, 0.2) is 35.7 Å². The van der Waals surface area contributed by atoms with Crippen LogP contribution < -0.4 is 9.64 Å². The second kappa shape index (κ2) is 8.79. The molecular formula is C27H29FN6O3. The first-order valence-corrected chi connectivity index (χ1v) is 12.0. The van der Waals surface area contributed by atoms with Crippen LogP contribution in [-0.4, -0.2) is 59.0 Å². The molecule has 0 bridgehead atoms. The van der Waals surface area contributed by atoms with Gasteiger partial charge in [-0.05, 0) is 51.3 Å². The van der Waals surface area contributed by atoms with E-state index in [1.54, 1.807) is 53.5 Å². The lowest BCUT2D eigenvalue weighted by atomic mass is 9.87. The van der Waals surface area contributed by atoms with Gasteiger partial charge in [0.25, 0.3) is 0 Å². The molecule has 1 aliphatic rings. The molecule has 3 heterocycles. The van der Waals surface area contributed by atoms with E-state index in [2.05, 4.69) is 24.9 Å². The Balaban J connectivity index is 1.78. The number of rotatable bonds is 5. The fourth-order valence-corrected chi connectivity index (χ4v) is 4.72. The van der Waals surface area contributed by atoms with E-state index in [9.17, 15) is 4.79 Å². The molecule has 1 amide bonds. The number of carbonyl (C=O) groups excluding carboxylic acids is 1. The number of amides is 1. The lowest BCUT2D eigenvalue weighted by molar-refractivity contribution is 0.0589. The van der Waals surface area contributed by atoms with Gasteiger partial charge in [0, 0.05) is 66.2 Å². The number of benzene rings is 1. The zero-order valence-corrected chi connectivity index (χ0v) is 21.7. The molecular weight excluding hydrogens is 475 g/mol. The van der Waals surface area contributed by atoms with Gasteiger partial charge in [0.15, 0.2) is 0 Å². The van der Waals surface area contributed by atoms with Gasteiger partial charge in [-0.15, -0.1) is 0 Å². The van der Waals surface area contributed by atoms with Crippen molar-refractivity contribution in [1.82, 2.24) is 19.9 Å². The molecule has 0 spiro atoms. The number of aliphatic imine (C=N–C) groups is 1. The Hall–Kier alpha value is -4.08. The van der Waals surface area contributed by atoms with Crippen molar-refractivity contribution in [3.05, 3.63) is 42.1 Å². The molecule has 1 aliphatic carbocycles. The summed E-state index contributed by atoms with van der Waals surface area (Å²) in [6.45, 7) is 5.36. The number of pyridine rings is 1. The third kappa shape index (κ3) is 4.36. The second-order valence-electron chi connectivity index (χ2n) is 10.3. The molecule has 1 aromatic carbocycles. The van der Waals surface area contributed by atoms with E-state index in [0.717, 1.165) is 34.9 Å². The Morgan fingerprint density at radius 3 is 2.49 bits per heavy atom. The molecule has 0 atom stereocenters. The molecule has 37 heavy (non-hydrogen) atoms. The second-order valence-corrected chi connectivity index (χ2v) is 10.3. The molecule has 1 fully saturated rings. The number of halogens is 1. The monoisotopic (exact) mass is 504 g/mol. The number of hydrogen-bond acceptors (Lipinski definition) is 7. The van der Waals surface area contributed by atoms with Crippen molar-refractivity contribution in [1.29, 1.82) is 0 Å². The number of nitrogens with zero attached hydrogens (tertiary/aromatic N) is 5. The summed E-state index contributed by atoms with van der Waals surface area (Å²) < 4.78 is 25.7. The normalized spacial score (nSPS) is 14.9. The SMILES string of the molecule is CN=CC1(c2c(-c3cnc(OC)nc3)cnc3[nH]c4c(N(C)C(=O)OC(C)(C)C)cc(F)cc4c23)CC1. The van der Waals surface area contributed by atoms with Crippen molar-refractivity contribution in [2.45, 2.75) is 44.6 Å². The number of fused-ring (bicyclic) bond motifs is 3. The fourth-order valence-electron chi connectivity index (χ4n) is 4.72. The quantitative estimate of drug-likeness (QED) is 0.364. The Morgan fingerprint density at radius 1 is 1.19 bits per heavy atom. The molecule has 1 saturated carbocycles. The molecule has 0 aliphatic heterocycles. The summed E-state index contributed by atoms with van der Waals surface area (Å²) in [4.78, 5) is 35.1. The summed E-state index contributed by atoms with van der Waals surface area (Å²) in [5.74, 6) is -0.475. The van der Waals surface area contributed by atoms with Gasteiger partial charge in [-0.3, -0.25) is 9.89 Å². The minimum Gasteiger partial charge on any atom is -0.467 e. The minimum atomic E-state index is -0.694. The highest BCUT2D eigenvalue weighted by atomic mass is 19.1. The number of H-pyrrole nitrogens is 1. The molecule has 9 nitrogen and oxygen atoms in total. The maximum absolute atomic E-state index is 15.1. The average molecular weight is 505 g/mol. The summed E-state index contributed by atoms with van der Waals surface area (Å²) in [6.07, 6.45) is 8.29. The number of aromatic nitrogens is 4. The molecule has 0 radical (unpaired) electrons. The van der Waals surface area contributed by atoms with E-state index in [4.69, 9.17) is 9.47 Å². The first-order valence-electron chi connectivity index (χ1n) is 12.0. The van der Waals surface area contributed by atoms with Gasteiger partial charge in [-0.1, -0.05) is 0 Å². The summed E-state index contributed by atoms with van der Waals surface area (Å²) in [7, 11) is 4.82. The highest BCUT2D eigenvalue weighted by molar-refractivity contribution is 6.16. The number of anilines is 1. The van der Waals surface area contributed by atoms with Crippen LogP contribution >= 0.6 is 0 Å². The molecule has 1 N–H and O–H groups in total. The van der Waals surface area contributed by atoms with Crippen molar-refractivity contribution in [2.75, 3.05) is 26.1 Å². The van der Waals surface area contributed by atoms with Crippen molar-refractivity contribution in [3.8, 4) is 17.1 Å². The number of ether oxygens (including phenoxy) is 2. The summed E-state index contributed by atoms with van der Waals surface area (Å²) in [6, 6.07) is 3.05. The number of nitrogens with one attached hydrogen (secondary N) is 1. The van der Waals surface area contributed by atoms with E-state index in [-0.39, 0.29) is 11.4 Å². The van der Waals surface area contributed by atoms with Crippen LogP contribution in [0.4, 0.5) is 14.9 Å². The number of hydrogen-bond donors (Lipinski definition) is 1. The lowest BCUT2D eigenvalue weighted by Crippen LogP contribution is -2.34. The van der Waals surface area contributed by atoms with E-state index < -0.39 is 17.5 Å².